The predicted octanol–water partition coefficient (Wildman–Crippen LogP) is 3.70. The molecule has 2 aromatic rings. The minimum absolute atomic E-state index is 0.383. The van der Waals surface area contributed by atoms with Crippen LogP contribution in [0.1, 0.15) is 36.4 Å². The number of aliphatic hydroxyl groups excluding tert-OH is 1. The van der Waals surface area contributed by atoms with Gasteiger partial charge in [-0.05, 0) is 53.9 Å². The van der Waals surface area contributed by atoms with Crippen LogP contribution in [0.4, 0.5) is 0 Å². The molecule has 0 radical (unpaired) electrons. The summed E-state index contributed by atoms with van der Waals surface area (Å²) in [4.78, 5) is 0. The number of hydrogen-bond donors (Lipinski definition) is 1. The van der Waals surface area contributed by atoms with Crippen molar-refractivity contribution < 1.29 is 5.11 Å². The molecular formula is C14H17BrN2O. The molecule has 0 saturated heterocycles. The third kappa shape index (κ3) is 2.35. The maximum atomic E-state index is 9.76. The molecule has 0 bridgehead atoms. The highest BCUT2D eigenvalue weighted by atomic mass is 79.9. The maximum Gasteiger partial charge on any atom is 0.0787 e. The van der Waals surface area contributed by atoms with Gasteiger partial charge in [-0.3, -0.25) is 0 Å². The van der Waals surface area contributed by atoms with Crippen molar-refractivity contribution in [3.05, 3.63) is 45.7 Å². The van der Waals surface area contributed by atoms with Crippen molar-refractivity contribution >= 4 is 15.9 Å². The first-order valence-electron chi connectivity index (χ1n) is 6.04. The number of aromatic nitrogens is 2. The molecule has 0 aliphatic carbocycles. The molecule has 1 unspecified atom stereocenters. The topological polar surface area (TPSA) is 38.0 Å². The van der Waals surface area contributed by atoms with Gasteiger partial charge in [-0.2, -0.15) is 5.10 Å². The maximum absolute atomic E-state index is 9.76. The summed E-state index contributed by atoms with van der Waals surface area (Å²) >= 11 is 3.52. The third-order valence-corrected chi connectivity index (χ3v) is 4.26. The summed E-state index contributed by atoms with van der Waals surface area (Å²) in [5, 5.41) is 14.2. The highest BCUT2D eigenvalue weighted by molar-refractivity contribution is 9.10. The lowest BCUT2D eigenvalue weighted by Gasteiger charge is -2.10. The standard InChI is InChI=1S/C14H17BrN2O/c1-4-13(18)11-5-7-12(8-6-11)17-10(3)14(15)9(2)16-17/h5-8,13,18H,4H2,1-3H3. The molecule has 1 aromatic heterocycles. The van der Waals surface area contributed by atoms with Gasteiger partial charge in [0.25, 0.3) is 0 Å². The second kappa shape index (κ2) is 5.24. The summed E-state index contributed by atoms with van der Waals surface area (Å²) in [6.45, 7) is 5.97. The fourth-order valence-corrected chi connectivity index (χ4v) is 2.20. The zero-order valence-corrected chi connectivity index (χ0v) is 12.4. The van der Waals surface area contributed by atoms with Gasteiger partial charge in [0.05, 0.1) is 27.7 Å². The number of nitrogens with zero attached hydrogens (tertiary/aromatic N) is 2. The van der Waals surface area contributed by atoms with Gasteiger partial charge in [-0.1, -0.05) is 19.1 Å². The molecule has 2 rings (SSSR count). The van der Waals surface area contributed by atoms with E-state index >= 15 is 0 Å². The van der Waals surface area contributed by atoms with Gasteiger partial charge in [0.1, 0.15) is 0 Å². The van der Waals surface area contributed by atoms with Crippen LogP contribution >= 0.6 is 15.9 Å². The molecule has 1 N–H and O–H groups in total. The van der Waals surface area contributed by atoms with Crippen molar-refractivity contribution in [2.45, 2.75) is 33.3 Å². The number of aliphatic hydroxyl groups is 1. The summed E-state index contributed by atoms with van der Waals surface area (Å²) in [6, 6.07) is 7.88. The fourth-order valence-electron chi connectivity index (χ4n) is 1.95. The highest BCUT2D eigenvalue weighted by Crippen LogP contribution is 2.24. The summed E-state index contributed by atoms with van der Waals surface area (Å²) < 4.78 is 2.95. The van der Waals surface area contributed by atoms with E-state index < -0.39 is 0 Å². The molecule has 0 amide bonds. The Bertz CT molecular complexity index is 546. The monoisotopic (exact) mass is 308 g/mol. The summed E-state index contributed by atoms with van der Waals surface area (Å²) in [7, 11) is 0. The molecule has 0 fully saturated rings. The van der Waals surface area contributed by atoms with Crippen molar-refractivity contribution in [2.75, 3.05) is 0 Å². The fraction of sp³-hybridized carbons (Fsp3) is 0.357. The van der Waals surface area contributed by atoms with E-state index in [-0.39, 0.29) is 6.10 Å². The molecule has 1 aromatic carbocycles. The van der Waals surface area contributed by atoms with Crippen molar-refractivity contribution in [1.82, 2.24) is 9.78 Å². The Hall–Kier alpha value is -1.13. The van der Waals surface area contributed by atoms with Gasteiger partial charge in [0, 0.05) is 0 Å². The average Bonchev–Trinajstić information content (AvgIpc) is 2.66. The van der Waals surface area contributed by atoms with Crippen molar-refractivity contribution in [3.63, 3.8) is 0 Å². The van der Waals surface area contributed by atoms with Gasteiger partial charge in [-0.15, -0.1) is 0 Å². The summed E-state index contributed by atoms with van der Waals surface area (Å²) in [5.41, 5.74) is 4.01. The van der Waals surface area contributed by atoms with Crippen LogP contribution in [0.2, 0.25) is 0 Å². The van der Waals surface area contributed by atoms with Crippen molar-refractivity contribution in [2.24, 2.45) is 0 Å². The molecule has 0 aliphatic heterocycles. The molecule has 96 valence electrons. The Morgan fingerprint density at radius 3 is 2.33 bits per heavy atom. The molecule has 0 aliphatic rings. The first-order valence-corrected chi connectivity index (χ1v) is 6.84. The van der Waals surface area contributed by atoms with Gasteiger partial charge >= 0.3 is 0 Å². The van der Waals surface area contributed by atoms with Crippen LogP contribution in [0.5, 0.6) is 0 Å². The van der Waals surface area contributed by atoms with Crippen LogP contribution in [-0.2, 0) is 0 Å². The Balaban J connectivity index is 2.37. The van der Waals surface area contributed by atoms with E-state index in [9.17, 15) is 5.11 Å². The Kier molecular flexibility index (Phi) is 3.88. The largest absolute Gasteiger partial charge is 0.388 e. The molecule has 1 atom stereocenters. The van der Waals surface area contributed by atoms with Crippen LogP contribution in [0.3, 0.4) is 0 Å². The van der Waals surface area contributed by atoms with E-state index in [1.165, 1.54) is 0 Å². The van der Waals surface area contributed by atoms with Crippen LogP contribution in [0.25, 0.3) is 5.69 Å². The van der Waals surface area contributed by atoms with E-state index in [1.54, 1.807) is 0 Å². The molecule has 18 heavy (non-hydrogen) atoms. The van der Waals surface area contributed by atoms with Crippen LogP contribution in [-0.4, -0.2) is 14.9 Å². The van der Waals surface area contributed by atoms with Crippen molar-refractivity contribution in [3.8, 4) is 5.69 Å². The quantitative estimate of drug-likeness (QED) is 0.939. The highest BCUT2D eigenvalue weighted by Gasteiger charge is 2.11. The number of halogens is 1. The molecule has 3 nitrogen and oxygen atoms in total. The van der Waals surface area contributed by atoms with E-state index in [2.05, 4.69) is 21.0 Å². The number of benzene rings is 1. The van der Waals surface area contributed by atoms with E-state index in [4.69, 9.17) is 0 Å². The first-order chi connectivity index (χ1) is 8.54. The lowest BCUT2D eigenvalue weighted by molar-refractivity contribution is 0.173. The minimum atomic E-state index is -0.383. The lowest BCUT2D eigenvalue weighted by atomic mass is 10.1. The molecule has 1 heterocycles. The first kappa shape index (κ1) is 13.3. The van der Waals surface area contributed by atoms with Crippen LogP contribution in [0.15, 0.2) is 28.7 Å². The zero-order valence-electron chi connectivity index (χ0n) is 10.8. The van der Waals surface area contributed by atoms with Crippen molar-refractivity contribution in [1.29, 1.82) is 0 Å². The molecule has 4 heteroatoms. The smallest absolute Gasteiger partial charge is 0.0787 e. The second-order valence-electron chi connectivity index (χ2n) is 4.41. The van der Waals surface area contributed by atoms with Gasteiger partial charge in [-0.25, -0.2) is 4.68 Å². The van der Waals surface area contributed by atoms with Gasteiger partial charge < -0.3 is 5.11 Å². The van der Waals surface area contributed by atoms with E-state index in [0.29, 0.717) is 0 Å². The zero-order chi connectivity index (χ0) is 13.3. The molecular weight excluding hydrogens is 292 g/mol. The molecule has 0 spiro atoms. The Morgan fingerprint density at radius 2 is 1.89 bits per heavy atom. The van der Waals surface area contributed by atoms with Crippen LogP contribution in [0, 0.1) is 13.8 Å². The lowest BCUT2D eigenvalue weighted by Crippen LogP contribution is -2.00. The van der Waals surface area contributed by atoms with Gasteiger partial charge in [0.2, 0.25) is 0 Å². The Labute approximate surface area is 116 Å². The average molecular weight is 309 g/mol. The summed E-state index contributed by atoms with van der Waals surface area (Å²) in [5.74, 6) is 0. The molecule has 0 saturated carbocycles. The Morgan fingerprint density at radius 1 is 1.28 bits per heavy atom. The van der Waals surface area contributed by atoms with E-state index in [1.807, 2.05) is 49.7 Å². The number of rotatable bonds is 3. The summed E-state index contributed by atoms with van der Waals surface area (Å²) in [6.07, 6.45) is 0.344. The minimum Gasteiger partial charge on any atom is -0.388 e. The van der Waals surface area contributed by atoms with Gasteiger partial charge in [0.15, 0.2) is 0 Å². The number of aryl methyl sites for hydroxylation is 1. The third-order valence-electron chi connectivity index (χ3n) is 3.11. The second-order valence-corrected chi connectivity index (χ2v) is 5.21. The normalized spacial score (nSPS) is 12.7. The SMILES string of the molecule is CCC(O)c1ccc(-n2nc(C)c(Br)c2C)cc1. The van der Waals surface area contributed by atoms with E-state index in [0.717, 1.165) is 33.5 Å². The van der Waals surface area contributed by atoms with Crippen LogP contribution < -0.4 is 0 Å². The number of hydrogen-bond acceptors (Lipinski definition) is 2. The predicted molar refractivity (Wildman–Crippen MR) is 76.0 cm³/mol.